The maximum Gasteiger partial charge on any atom is 0.159 e. The zero-order valence-electron chi connectivity index (χ0n) is 30.6. The van der Waals surface area contributed by atoms with Gasteiger partial charge in [-0.1, -0.05) is 133 Å². The molecule has 1 aliphatic heterocycles. The first-order chi connectivity index (χ1) is 28.3. The van der Waals surface area contributed by atoms with Crippen LogP contribution in [-0.4, -0.2) is 16.2 Å². The fourth-order valence-electron chi connectivity index (χ4n) is 8.76. The molecule has 1 N–H and O–H groups in total. The van der Waals surface area contributed by atoms with Crippen LogP contribution in [0.2, 0.25) is 0 Å². The highest BCUT2D eigenvalue weighted by molar-refractivity contribution is 7.26. The predicted octanol–water partition coefficient (Wildman–Crippen LogP) is 13.2. The molecule has 11 aromatic rings. The zero-order valence-corrected chi connectivity index (χ0v) is 31.4. The Bertz CT molecular complexity index is 3390. The van der Waals surface area contributed by atoms with Crippen molar-refractivity contribution in [1.29, 1.82) is 0 Å². The Morgan fingerprint density at radius 3 is 1.93 bits per heavy atom. The highest BCUT2D eigenvalue weighted by Crippen LogP contribution is 2.47. The molecule has 0 fully saturated rings. The predicted molar refractivity (Wildman–Crippen MR) is 238 cm³/mol. The van der Waals surface area contributed by atoms with Gasteiger partial charge in [0.05, 0.1) is 16.7 Å². The molecule has 4 heterocycles. The Hall–Kier alpha value is -7.28. The Morgan fingerprint density at radius 1 is 0.509 bits per heavy atom. The number of hydrogen-bond acceptors (Lipinski definition) is 5. The summed E-state index contributed by atoms with van der Waals surface area (Å²) in [6, 6.07) is 64.3. The molecule has 0 saturated carbocycles. The Balaban J connectivity index is 1.05. The van der Waals surface area contributed by atoms with Crippen LogP contribution in [0.4, 0.5) is 0 Å². The summed E-state index contributed by atoms with van der Waals surface area (Å²) < 4.78 is 11.7. The van der Waals surface area contributed by atoms with Gasteiger partial charge >= 0.3 is 0 Å². The first-order valence-electron chi connectivity index (χ1n) is 19.2. The molecule has 0 bridgehead atoms. The summed E-state index contributed by atoms with van der Waals surface area (Å²) in [5.74, 6) is 1.45. The quantitative estimate of drug-likeness (QED) is 0.191. The van der Waals surface area contributed by atoms with Crippen molar-refractivity contribution in [2.45, 2.75) is 6.17 Å². The van der Waals surface area contributed by atoms with Crippen molar-refractivity contribution in [1.82, 2.24) is 9.88 Å². The Kier molecular flexibility index (Phi) is 7.09. The number of amidine groups is 2. The third-order valence-corrected chi connectivity index (χ3v) is 12.4. The molecule has 12 rings (SSSR count). The molecule has 0 spiro atoms. The van der Waals surface area contributed by atoms with E-state index in [4.69, 9.17) is 14.4 Å². The van der Waals surface area contributed by atoms with Crippen LogP contribution in [0, 0.1) is 0 Å². The number of furan rings is 1. The number of aliphatic imine (C=N–C) groups is 2. The number of fused-ring (bicyclic) bond motifs is 9. The Morgan fingerprint density at radius 2 is 1.16 bits per heavy atom. The van der Waals surface area contributed by atoms with E-state index in [1.165, 1.54) is 53.2 Å². The molecule has 57 heavy (non-hydrogen) atoms. The second kappa shape index (κ2) is 12.6. The molecule has 0 aliphatic carbocycles. The summed E-state index contributed by atoms with van der Waals surface area (Å²) >= 11 is 1.85. The third kappa shape index (κ3) is 5.01. The third-order valence-electron chi connectivity index (χ3n) is 11.3. The summed E-state index contributed by atoms with van der Waals surface area (Å²) in [5.41, 5.74) is 10.6. The lowest BCUT2D eigenvalue weighted by molar-refractivity contribution is 0.667. The number of benzene rings is 8. The lowest BCUT2D eigenvalue weighted by Crippen LogP contribution is -2.33. The summed E-state index contributed by atoms with van der Waals surface area (Å²) in [5, 5.41) is 10.8. The normalized spacial score (nSPS) is 14.5. The van der Waals surface area contributed by atoms with Crippen molar-refractivity contribution in [3.8, 4) is 16.8 Å². The minimum absolute atomic E-state index is 0.278. The van der Waals surface area contributed by atoms with Gasteiger partial charge in [-0.15, -0.1) is 11.3 Å². The maximum atomic E-state index is 6.71. The van der Waals surface area contributed by atoms with Crippen LogP contribution in [0.1, 0.15) is 22.9 Å². The molecule has 1 unspecified atom stereocenters. The van der Waals surface area contributed by atoms with Crippen LogP contribution >= 0.6 is 11.3 Å². The van der Waals surface area contributed by atoms with Gasteiger partial charge in [0.15, 0.2) is 5.84 Å². The fraction of sp³-hybridized carbons (Fsp3) is 0.0196. The topological polar surface area (TPSA) is 54.8 Å². The van der Waals surface area contributed by atoms with Crippen molar-refractivity contribution < 1.29 is 4.42 Å². The number of para-hydroxylation sites is 2. The van der Waals surface area contributed by atoms with Gasteiger partial charge in [0, 0.05) is 52.8 Å². The summed E-state index contributed by atoms with van der Waals surface area (Å²) in [4.78, 5) is 10.2. The van der Waals surface area contributed by atoms with E-state index in [1.54, 1.807) is 0 Å². The number of hydrogen-bond donors (Lipinski definition) is 1. The minimum Gasteiger partial charge on any atom is -0.456 e. The van der Waals surface area contributed by atoms with Gasteiger partial charge in [-0.25, -0.2) is 9.98 Å². The molecule has 8 aromatic carbocycles. The fourth-order valence-corrected chi connectivity index (χ4v) is 9.91. The standard InChI is InChI=1S/C51H32N4OS/c1-3-14-31(15-4-1)49-52-50(32-16-5-2-6-17-32)54-51(53-49)33-28-29-38-43(30-33)56-42-25-11-20-36(46(38)42)37-21-12-26-44-47(37)48-41(24-13-27-45(48)57-44)55-39-22-9-7-18-34(39)35-19-8-10-23-40(35)55/h1-30,49H,(H,52,53,54). The molecule has 1 atom stereocenters. The van der Waals surface area contributed by atoms with Crippen LogP contribution in [0.15, 0.2) is 196 Å². The molecule has 0 radical (unpaired) electrons. The molecular formula is C51H32N4OS. The highest BCUT2D eigenvalue weighted by atomic mass is 32.1. The molecule has 3 aromatic heterocycles. The molecular weight excluding hydrogens is 717 g/mol. The van der Waals surface area contributed by atoms with Crippen molar-refractivity contribution in [3.05, 3.63) is 199 Å². The average Bonchev–Trinajstić information content (AvgIpc) is 3.96. The first-order valence-corrected chi connectivity index (χ1v) is 20.0. The molecule has 1 aliphatic rings. The van der Waals surface area contributed by atoms with E-state index in [9.17, 15) is 0 Å². The number of thiophene rings is 1. The smallest absolute Gasteiger partial charge is 0.159 e. The SMILES string of the molecule is c1ccc(C2=NC(c3ccc4c(c3)oc3cccc(-c5cccc6sc7cccc(-n8c9ccccc9c9ccccc98)c7c56)c34)=NC(c3ccccc3)N2)cc1. The monoisotopic (exact) mass is 748 g/mol. The lowest BCUT2D eigenvalue weighted by Gasteiger charge is -2.23. The average molecular weight is 749 g/mol. The highest BCUT2D eigenvalue weighted by Gasteiger charge is 2.24. The Labute approximate surface area is 331 Å². The van der Waals surface area contributed by atoms with E-state index in [0.29, 0.717) is 5.84 Å². The van der Waals surface area contributed by atoms with Gasteiger partial charge in [0.2, 0.25) is 0 Å². The van der Waals surface area contributed by atoms with Crippen LogP contribution < -0.4 is 5.32 Å². The van der Waals surface area contributed by atoms with Crippen molar-refractivity contribution in [3.63, 3.8) is 0 Å². The summed E-state index contributed by atoms with van der Waals surface area (Å²) in [6.45, 7) is 0. The second-order valence-electron chi connectivity index (χ2n) is 14.5. The van der Waals surface area contributed by atoms with Crippen LogP contribution in [0.3, 0.4) is 0 Å². The van der Waals surface area contributed by atoms with Crippen LogP contribution in [-0.2, 0) is 0 Å². The van der Waals surface area contributed by atoms with Crippen molar-refractivity contribution >= 4 is 86.9 Å². The molecule has 0 saturated heterocycles. The van der Waals surface area contributed by atoms with E-state index in [2.05, 4.69) is 155 Å². The number of rotatable bonds is 5. The number of aromatic nitrogens is 1. The zero-order chi connectivity index (χ0) is 37.5. The van der Waals surface area contributed by atoms with E-state index >= 15 is 0 Å². The van der Waals surface area contributed by atoms with E-state index in [-0.39, 0.29) is 6.17 Å². The van der Waals surface area contributed by atoms with Gasteiger partial charge in [0.1, 0.15) is 23.2 Å². The lowest BCUT2D eigenvalue weighted by atomic mass is 9.94. The van der Waals surface area contributed by atoms with Gasteiger partial charge < -0.3 is 14.3 Å². The molecule has 268 valence electrons. The van der Waals surface area contributed by atoms with E-state index < -0.39 is 0 Å². The molecule has 6 heteroatoms. The number of nitrogens with zero attached hydrogens (tertiary/aromatic N) is 3. The summed E-state index contributed by atoms with van der Waals surface area (Å²) in [7, 11) is 0. The van der Waals surface area contributed by atoms with Crippen molar-refractivity contribution in [2.24, 2.45) is 9.98 Å². The van der Waals surface area contributed by atoms with Gasteiger partial charge in [-0.3, -0.25) is 0 Å². The summed E-state index contributed by atoms with van der Waals surface area (Å²) in [6.07, 6.45) is -0.278. The molecule has 5 nitrogen and oxygen atoms in total. The molecule has 0 amide bonds. The second-order valence-corrected chi connectivity index (χ2v) is 15.6. The van der Waals surface area contributed by atoms with Gasteiger partial charge in [0.25, 0.3) is 0 Å². The van der Waals surface area contributed by atoms with E-state index in [0.717, 1.165) is 50.0 Å². The van der Waals surface area contributed by atoms with Gasteiger partial charge in [-0.2, -0.15) is 0 Å². The largest absolute Gasteiger partial charge is 0.456 e. The van der Waals surface area contributed by atoms with Gasteiger partial charge in [-0.05, 0) is 65.2 Å². The maximum absolute atomic E-state index is 6.71. The number of nitrogens with one attached hydrogen (secondary N) is 1. The van der Waals surface area contributed by atoms with E-state index in [1.807, 2.05) is 47.7 Å². The minimum atomic E-state index is -0.278. The van der Waals surface area contributed by atoms with Crippen molar-refractivity contribution in [2.75, 3.05) is 0 Å². The van der Waals surface area contributed by atoms with Crippen LogP contribution in [0.5, 0.6) is 0 Å². The first kappa shape index (κ1) is 32.0. The van der Waals surface area contributed by atoms with Crippen LogP contribution in [0.25, 0.3) is 80.7 Å².